The van der Waals surface area contributed by atoms with Crippen molar-refractivity contribution in [2.75, 3.05) is 29.3 Å². The van der Waals surface area contributed by atoms with E-state index in [2.05, 4.69) is 19.8 Å². The number of rotatable bonds is 7. The van der Waals surface area contributed by atoms with E-state index in [1.54, 1.807) is 25.1 Å². The Morgan fingerprint density at radius 3 is 2.44 bits per heavy atom. The van der Waals surface area contributed by atoms with E-state index >= 15 is 0 Å². The largest absolute Gasteiger partial charge is 0.462 e. The van der Waals surface area contributed by atoms with Gasteiger partial charge in [-0.1, -0.05) is 12.1 Å². The average molecular weight is 453 g/mol. The van der Waals surface area contributed by atoms with E-state index in [1.165, 1.54) is 24.3 Å². The fourth-order valence-electron chi connectivity index (χ4n) is 3.53. The summed E-state index contributed by atoms with van der Waals surface area (Å²) in [4.78, 5) is 14.0. The Kier molecular flexibility index (Phi) is 6.36. The first kappa shape index (κ1) is 21.8. The summed E-state index contributed by atoms with van der Waals surface area (Å²) in [5.41, 5.74) is 2.11. The first-order valence-electron chi connectivity index (χ1n) is 10.5. The van der Waals surface area contributed by atoms with Crippen molar-refractivity contribution in [3.8, 4) is 11.3 Å². The van der Waals surface area contributed by atoms with Crippen molar-refractivity contribution in [1.82, 2.24) is 10.2 Å². The van der Waals surface area contributed by atoms with E-state index in [1.807, 2.05) is 18.2 Å². The fraction of sp³-hybridized carbons (Fsp3) is 0.261. The molecule has 0 amide bonds. The number of nitrogens with zero attached hydrogens (tertiary/aromatic N) is 3. The second-order valence-corrected chi connectivity index (χ2v) is 9.08. The standard InChI is InChI=1S/C23H24N4O4S/c1-2-31-23(28)17-8-10-20(11-9-17)32(29,30)26-19-7-5-6-18(16-19)21-12-13-22(25-24-21)27-14-3-4-15-27/h5-13,16,26H,2-4,14-15H2,1H3. The molecule has 4 rings (SSSR count). The monoisotopic (exact) mass is 452 g/mol. The molecular weight excluding hydrogens is 428 g/mol. The number of benzene rings is 2. The maximum atomic E-state index is 12.8. The van der Waals surface area contributed by atoms with Gasteiger partial charge >= 0.3 is 5.97 Å². The molecule has 0 aliphatic carbocycles. The van der Waals surface area contributed by atoms with Crippen LogP contribution in [0, 0.1) is 0 Å². The second-order valence-electron chi connectivity index (χ2n) is 7.40. The van der Waals surface area contributed by atoms with Crippen LogP contribution in [0.5, 0.6) is 0 Å². The molecule has 32 heavy (non-hydrogen) atoms. The third-order valence-electron chi connectivity index (χ3n) is 5.17. The number of anilines is 2. The molecule has 0 spiro atoms. The van der Waals surface area contributed by atoms with Crippen LogP contribution in [-0.2, 0) is 14.8 Å². The highest BCUT2D eigenvalue weighted by atomic mass is 32.2. The number of hydrogen-bond donors (Lipinski definition) is 1. The number of hydrogen-bond acceptors (Lipinski definition) is 7. The molecule has 1 aliphatic rings. The summed E-state index contributed by atoms with van der Waals surface area (Å²) in [6, 6.07) is 16.4. The van der Waals surface area contributed by atoms with Crippen LogP contribution in [0.1, 0.15) is 30.1 Å². The molecule has 0 unspecified atom stereocenters. The summed E-state index contributed by atoms with van der Waals surface area (Å²) in [6.45, 7) is 3.95. The highest BCUT2D eigenvalue weighted by molar-refractivity contribution is 7.92. The maximum Gasteiger partial charge on any atom is 0.338 e. The average Bonchev–Trinajstić information content (AvgIpc) is 3.34. The molecule has 1 N–H and O–H groups in total. The van der Waals surface area contributed by atoms with Crippen LogP contribution in [0.15, 0.2) is 65.6 Å². The van der Waals surface area contributed by atoms with Crippen molar-refractivity contribution >= 4 is 27.5 Å². The number of esters is 1. The zero-order chi connectivity index (χ0) is 22.6. The van der Waals surface area contributed by atoms with E-state index in [0.29, 0.717) is 16.9 Å². The molecule has 0 bridgehead atoms. The lowest BCUT2D eigenvalue weighted by Crippen LogP contribution is -2.19. The molecule has 0 atom stereocenters. The van der Waals surface area contributed by atoms with Gasteiger partial charge < -0.3 is 9.64 Å². The summed E-state index contributed by atoms with van der Waals surface area (Å²) >= 11 is 0. The van der Waals surface area contributed by atoms with Crippen molar-refractivity contribution in [3.63, 3.8) is 0 Å². The predicted molar refractivity (Wildman–Crippen MR) is 122 cm³/mol. The molecule has 166 valence electrons. The lowest BCUT2D eigenvalue weighted by molar-refractivity contribution is 0.0526. The van der Waals surface area contributed by atoms with E-state index < -0.39 is 16.0 Å². The Balaban J connectivity index is 1.50. The van der Waals surface area contributed by atoms with Gasteiger partial charge in [-0.05, 0) is 68.3 Å². The van der Waals surface area contributed by atoms with Crippen LogP contribution in [-0.4, -0.2) is 44.3 Å². The van der Waals surface area contributed by atoms with Crippen LogP contribution < -0.4 is 9.62 Å². The van der Waals surface area contributed by atoms with Crippen LogP contribution in [0.2, 0.25) is 0 Å². The summed E-state index contributed by atoms with van der Waals surface area (Å²) in [5, 5.41) is 8.64. The molecule has 1 fully saturated rings. The second kappa shape index (κ2) is 9.35. The minimum absolute atomic E-state index is 0.0470. The molecule has 8 nitrogen and oxygen atoms in total. The zero-order valence-electron chi connectivity index (χ0n) is 17.7. The Bertz CT molecular complexity index is 1190. The van der Waals surface area contributed by atoms with Crippen molar-refractivity contribution < 1.29 is 17.9 Å². The van der Waals surface area contributed by atoms with Crippen LogP contribution in [0.25, 0.3) is 11.3 Å². The SMILES string of the molecule is CCOC(=O)c1ccc(S(=O)(=O)Nc2cccc(-c3ccc(N4CCCC4)nn3)c2)cc1. The van der Waals surface area contributed by atoms with Gasteiger partial charge in [-0.15, -0.1) is 10.2 Å². The van der Waals surface area contributed by atoms with E-state index in [9.17, 15) is 13.2 Å². The minimum Gasteiger partial charge on any atom is -0.462 e. The van der Waals surface area contributed by atoms with Crippen LogP contribution in [0.3, 0.4) is 0 Å². The van der Waals surface area contributed by atoms with E-state index in [0.717, 1.165) is 37.3 Å². The van der Waals surface area contributed by atoms with Crippen LogP contribution >= 0.6 is 0 Å². The van der Waals surface area contributed by atoms with Gasteiger partial charge in [0.15, 0.2) is 5.82 Å². The summed E-state index contributed by atoms with van der Waals surface area (Å²) in [5.74, 6) is 0.364. The maximum absolute atomic E-state index is 12.8. The van der Waals surface area contributed by atoms with Gasteiger partial charge in [0.05, 0.1) is 22.8 Å². The Morgan fingerprint density at radius 2 is 1.78 bits per heavy atom. The van der Waals surface area contributed by atoms with Crippen molar-refractivity contribution in [3.05, 3.63) is 66.2 Å². The number of aromatic nitrogens is 2. The minimum atomic E-state index is -3.83. The highest BCUT2D eigenvalue weighted by Gasteiger charge is 2.17. The molecule has 1 aromatic heterocycles. The third kappa shape index (κ3) is 4.88. The van der Waals surface area contributed by atoms with Crippen molar-refractivity contribution in [1.29, 1.82) is 0 Å². The number of ether oxygens (including phenoxy) is 1. The Labute approximate surface area is 187 Å². The predicted octanol–water partition coefficient (Wildman–Crippen LogP) is 3.72. The first-order valence-corrected chi connectivity index (χ1v) is 11.9. The molecule has 3 aromatic rings. The van der Waals surface area contributed by atoms with Gasteiger partial charge in [0.25, 0.3) is 10.0 Å². The molecule has 9 heteroatoms. The third-order valence-corrected chi connectivity index (χ3v) is 6.56. The molecule has 1 aliphatic heterocycles. The fourth-order valence-corrected chi connectivity index (χ4v) is 4.58. The number of sulfonamides is 1. The Hall–Kier alpha value is -3.46. The smallest absolute Gasteiger partial charge is 0.338 e. The summed E-state index contributed by atoms with van der Waals surface area (Å²) in [7, 11) is -3.83. The molecule has 2 heterocycles. The molecular formula is C23H24N4O4S. The Morgan fingerprint density at radius 1 is 1.03 bits per heavy atom. The van der Waals surface area contributed by atoms with Crippen molar-refractivity contribution in [2.24, 2.45) is 0 Å². The molecule has 0 radical (unpaired) electrons. The number of carbonyl (C=O) groups excluding carboxylic acids is 1. The van der Waals surface area contributed by atoms with E-state index in [4.69, 9.17) is 4.74 Å². The van der Waals surface area contributed by atoms with Gasteiger partial charge in [-0.3, -0.25) is 4.72 Å². The van der Waals surface area contributed by atoms with Crippen molar-refractivity contribution in [2.45, 2.75) is 24.7 Å². The quantitative estimate of drug-likeness (QED) is 0.545. The molecule has 0 saturated carbocycles. The van der Waals surface area contributed by atoms with Gasteiger partial charge in [-0.2, -0.15) is 0 Å². The normalized spacial score (nSPS) is 13.7. The summed E-state index contributed by atoms with van der Waals surface area (Å²) in [6.07, 6.45) is 2.33. The molecule has 2 aromatic carbocycles. The summed E-state index contributed by atoms with van der Waals surface area (Å²) < 4.78 is 33.1. The van der Waals surface area contributed by atoms with E-state index in [-0.39, 0.29) is 11.5 Å². The lowest BCUT2D eigenvalue weighted by atomic mass is 10.1. The molecule has 1 saturated heterocycles. The highest BCUT2D eigenvalue weighted by Crippen LogP contribution is 2.25. The van der Waals surface area contributed by atoms with Crippen LogP contribution in [0.4, 0.5) is 11.5 Å². The van der Waals surface area contributed by atoms with Gasteiger partial charge in [0.2, 0.25) is 0 Å². The zero-order valence-corrected chi connectivity index (χ0v) is 18.5. The number of nitrogens with one attached hydrogen (secondary N) is 1. The van der Waals surface area contributed by atoms with Gasteiger partial charge in [-0.25, -0.2) is 13.2 Å². The van der Waals surface area contributed by atoms with Gasteiger partial charge in [0.1, 0.15) is 0 Å². The lowest BCUT2D eigenvalue weighted by Gasteiger charge is -2.15. The first-order chi connectivity index (χ1) is 15.5. The number of carbonyl (C=O) groups is 1. The van der Waals surface area contributed by atoms with Gasteiger partial charge in [0, 0.05) is 24.3 Å². The topological polar surface area (TPSA) is 101 Å².